The van der Waals surface area contributed by atoms with Crippen LogP contribution in [0.25, 0.3) is 0 Å². The first-order valence-electron chi connectivity index (χ1n) is 9.75. The third-order valence-electron chi connectivity index (χ3n) is 5.50. The van der Waals surface area contributed by atoms with Crippen molar-refractivity contribution in [1.29, 1.82) is 0 Å². The molecule has 156 valence electrons. The molecule has 0 amide bonds. The number of rotatable bonds is 4. The fourth-order valence-electron chi connectivity index (χ4n) is 4.14. The molecule has 3 heterocycles. The van der Waals surface area contributed by atoms with Gasteiger partial charge in [-0.1, -0.05) is 17.8 Å². The predicted molar refractivity (Wildman–Crippen MR) is 115 cm³/mol. The zero-order chi connectivity index (χ0) is 20.8. The second-order valence-electron chi connectivity index (χ2n) is 8.05. The Morgan fingerprint density at radius 3 is 2.72 bits per heavy atom. The number of nitrogens with zero attached hydrogens (tertiary/aromatic N) is 2. The van der Waals surface area contributed by atoms with Crippen molar-refractivity contribution in [3.8, 4) is 11.5 Å². The first-order chi connectivity index (χ1) is 13.8. The number of ether oxygens (including phenoxy) is 3. The van der Waals surface area contributed by atoms with E-state index in [9.17, 15) is 4.79 Å². The number of H-pyrrole nitrogens is 1. The Morgan fingerprint density at radius 2 is 2.03 bits per heavy atom. The highest BCUT2D eigenvalue weighted by molar-refractivity contribution is 8.14. The van der Waals surface area contributed by atoms with Gasteiger partial charge in [0, 0.05) is 6.61 Å². The van der Waals surface area contributed by atoms with Crippen LogP contribution in [0.5, 0.6) is 11.5 Å². The van der Waals surface area contributed by atoms with E-state index in [-0.39, 0.29) is 22.5 Å². The molecule has 2 aromatic rings. The van der Waals surface area contributed by atoms with Crippen LogP contribution in [0, 0.1) is 0 Å². The van der Waals surface area contributed by atoms with Crippen molar-refractivity contribution < 1.29 is 14.2 Å². The average molecular weight is 418 g/mol. The Kier molecular flexibility index (Phi) is 5.25. The second kappa shape index (κ2) is 7.57. The Morgan fingerprint density at radius 1 is 1.28 bits per heavy atom. The Bertz CT molecular complexity index is 1010. The number of benzene rings is 1. The van der Waals surface area contributed by atoms with Crippen molar-refractivity contribution in [2.45, 2.75) is 50.5 Å². The van der Waals surface area contributed by atoms with E-state index in [0.717, 1.165) is 29.3 Å². The van der Waals surface area contributed by atoms with Crippen molar-refractivity contribution in [3.05, 3.63) is 39.7 Å². The third-order valence-corrected chi connectivity index (χ3v) is 6.67. The molecule has 1 aromatic carbocycles. The monoisotopic (exact) mass is 417 g/mol. The first-order valence-corrected chi connectivity index (χ1v) is 10.6. The number of fused-ring (bicyclic) bond motifs is 1. The van der Waals surface area contributed by atoms with Crippen LogP contribution in [0.2, 0.25) is 0 Å². The van der Waals surface area contributed by atoms with Crippen LogP contribution in [0.4, 0.5) is 5.82 Å². The molecule has 1 fully saturated rings. The van der Waals surface area contributed by atoms with Gasteiger partial charge in [0.25, 0.3) is 5.56 Å². The second-order valence-corrected chi connectivity index (χ2v) is 9.34. The molecular formula is C21H27N3O4S. The van der Waals surface area contributed by atoms with Gasteiger partial charge in [-0.15, -0.1) is 0 Å². The highest BCUT2D eigenvalue weighted by Gasteiger charge is 2.36. The summed E-state index contributed by atoms with van der Waals surface area (Å²) in [6, 6.07) is 5.95. The molecule has 0 saturated carbocycles. The maximum absolute atomic E-state index is 13.0. The Balaban J connectivity index is 1.78. The molecule has 2 aliphatic rings. The Hall–Kier alpha value is -2.19. The smallest absolute Gasteiger partial charge is 0.271 e. The summed E-state index contributed by atoms with van der Waals surface area (Å²) >= 11 is 1.58. The minimum Gasteiger partial charge on any atom is -0.493 e. The lowest BCUT2D eigenvalue weighted by Crippen LogP contribution is -2.35. The van der Waals surface area contributed by atoms with Gasteiger partial charge in [0.15, 0.2) is 17.3 Å². The van der Waals surface area contributed by atoms with E-state index in [1.165, 1.54) is 0 Å². The highest BCUT2D eigenvalue weighted by atomic mass is 32.2. The first kappa shape index (κ1) is 20.1. The van der Waals surface area contributed by atoms with Crippen molar-refractivity contribution in [2.24, 2.45) is 4.99 Å². The van der Waals surface area contributed by atoms with E-state index >= 15 is 0 Å². The number of aromatic nitrogens is 2. The molecule has 0 unspecified atom stereocenters. The molecule has 0 bridgehead atoms. The predicted octanol–water partition coefficient (Wildman–Crippen LogP) is 4.21. The van der Waals surface area contributed by atoms with Gasteiger partial charge in [-0.3, -0.25) is 14.6 Å². The molecule has 2 atom stereocenters. The van der Waals surface area contributed by atoms with Gasteiger partial charge in [-0.25, -0.2) is 4.99 Å². The summed E-state index contributed by atoms with van der Waals surface area (Å²) < 4.78 is 18.6. The van der Waals surface area contributed by atoms with E-state index in [0.29, 0.717) is 23.7 Å². The third kappa shape index (κ3) is 3.71. The molecule has 29 heavy (non-hydrogen) atoms. The molecule has 1 aromatic heterocycles. The molecule has 1 N–H and O–H groups in total. The fourth-order valence-corrected chi connectivity index (χ4v) is 5.24. The number of aromatic amines is 1. The molecule has 0 radical (unpaired) electrons. The van der Waals surface area contributed by atoms with Crippen LogP contribution in [0.3, 0.4) is 0 Å². The van der Waals surface area contributed by atoms with Crippen molar-refractivity contribution >= 4 is 22.6 Å². The summed E-state index contributed by atoms with van der Waals surface area (Å²) in [5, 5.41) is 3.84. The van der Waals surface area contributed by atoms with E-state index < -0.39 is 0 Å². The van der Waals surface area contributed by atoms with Crippen LogP contribution in [-0.4, -0.2) is 41.3 Å². The van der Waals surface area contributed by atoms with Crippen molar-refractivity contribution in [2.75, 3.05) is 20.8 Å². The van der Waals surface area contributed by atoms with Gasteiger partial charge < -0.3 is 14.2 Å². The summed E-state index contributed by atoms with van der Waals surface area (Å²) in [6.45, 7) is 6.83. The number of thioether (sulfide) groups is 1. The van der Waals surface area contributed by atoms with Gasteiger partial charge >= 0.3 is 0 Å². The number of nitrogens with one attached hydrogen (secondary N) is 1. The average Bonchev–Trinajstić information content (AvgIpc) is 3.02. The van der Waals surface area contributed by atoms with Gasteiger partial charge in [0.05, 0.1) is 41.7 Å². The number of methoxy groups -OCH3 is 2. The quantitative estimate of drug-likeness (QED) is 0.806. The standard InChI is InChI=1S/C21H27N3O4S/c1-12-22-19-17(18(29-12)13-6-7-15(26-4)16(10-13)27-5)20(25)23-24(19)14-8-9-28-21(2,3)11-14/h6-7,10,14,18H,8-9,11H2,1-5H3,(H,23,25)/t14-,18-/m1/s1. The van der Waals surface area contributed by atoms with Crippen LogP contribution in [-0.2, 0) is 4.74 Å². The molecule has 0 spiro atoms. The molecule has 0 aliphatic carbocycles. The summed E-state index contributed by atoms with van der Waals surface area (Å²) in [5.74, 6) is 2.04. The largest absolute Gasteiger partial charge is 0.493 e. The van der Waals surface area contributed by atoms with E-state index in [2.05, 4.69) is 18.9 Å². The maximum atomic E-state index is 13.0. The Labute approximate surface area is 174 Å². The lowest BCUT2D eigenvalue weighted by Gasteiger charge is -2.36. The van der Waals surface area contributed by atoms with E-state index in [4.69, 9.17) is 19.2 Å². The molecule has 8 heteroatoms. The van der Waals surface area contributed by atoms with Crippen LogP contribution in [0.15, 0.2) is 28.0 Å². The lowest BCUT2D eigenvalue weighted by molar-refractivity contribution is -0.0705. The van der Waals surface area contributed by atoms with Crippen LogP contribution < -0.4 is 15.0 Å². The summed E-state index contributed by atoms with van der Waals surface area (Å²) in [5.41, 5.74) is 1.37. The highest BCUT2D eigenvalue weighted by Crippen LogP contribution is 2.46. The van der Waals surface area contributed by atoms with Gasteiger partial charge in [-0.05, 0) is 51.3 Å². The molecule has 2 aliphatic heterocycles. The zero-order valence-corrected chi connectivity index (χ0v) is 18.3. The van der Waals surface area contributed by atoms with Gasteiger partial charge in [0.1, 0.15) is 0 Å². The topological polar surface area (TPSA) is 77.8 Å². The van der Waals surface area contributed by atoms with Crippen molar-refractivity contribution in [3.63, 3.8) is 0 Å². The summed E-state index contributed by atoms with van der Waals surface area (Å²) in [6.07, 6.45) is 1.68. The van der Waals surface area contributed by atoms with E-state index in [1.54, 1.807) is 26.0 Å². The fraction of sp³-hybridized carbons (Fsp3) is 0.524. The summed E-state index contributed by atoms with van der Waals surface area (Å²) in [7, 11) is 3.23. The summed E-state index contributed by atoms with van der Waals surface area (Å²) in [4.78, 5) is 17.8. The molecular weight excluding hydrogens is 390 g/mol. The van der Waals surface area contributed by atoms with Crippen LogP contribution >= 0.6 is 11.8 Å². The lowest BCUT2D eigenvalue weighted by atomic mass is 9.94. The number of hydrogen-bond donors (Lipinski definition) is 1. The van der Waals surface area contributed by atoms with E-state index in [1.807, 2.05) is 29.8 Å². The normalized spacial score (nSPS) is 23.3. The molecule has 7 nitrogen and oxygen atoms in total. The molecule has 4 rings (SSSR count). The van der Waals surface area contributed by atoms with Crippen molar-refractivity contribution in [1.82, 2.24) is 9.78 Å². The maximum Gasteiger partial charge on any atom is 0.271 e. The minimum absolute atomic E-state index is 0.0900. The molecule has 1 saturated heterocycles. The minimum atomic E-state index is -0.220. The SMILES string of the molecule is COc1ccc([C@H]2SC(C)=Nc3c2c(=O)[nH]n3[C@@H]2CCOC(C)(C)C2)cc1OC. The van der Waals surface area contributed by atoms with Crippen LogP contribution in [0.1, 0.15) is 56.0 Å². The number of aliphatic imine (C=N–C) groups is 1. The van der Waals surface area contributed by atoms with Gasteiger partial charge in [-0.2, -0.15) is 0 Å². The zero-order valence-electron chi connectivity index (χ0n) is 17.4. The van der Waals surface area contributed by atoms with Gasteiger partial charge in [0.2, 0.25) is 0 Å². The number of hydrogen-bond acceptors (Lipinski definition) is 6.